The molecule has 31 heavy (non-hydrogen) atoms. The van der Waals surface area contributed by atoms with Crippen LogP contribution in [0.4, 0.5) is 4.39 Å². The van der Waals surface area contributed by atoms with E-state index in [0.29, 0.717) is 18.6 Å². The predicted molar refractivity (Wildman–Crippen MR) is 127 cm³/mol. The molecule has 0 aromatic heterocycles. The molecule has 0 unspecified atom stereocenters. The highest BCUT2D eigenvalue weighted by molar-refractivity contribution is 9.10. The number of aliphatic imine (C=N–C) groups is 1. The van der Waals surface area contributed by atoms with Crippen LogP contribution < -0.4 is 10.1 Å². The Hall–Kier alpha value is -2.22. The van der Waals surface area contributed by atoms with Crippen molar-refractivity contribution in [3.8, 4) is 11.5 Å². The lowest BCUT2D eigenvalue weighted by molar-refractivity contribution is 0.340. The quantitative estimate of drug-likeness (QED) is 0.374. The maximum atomic E-state index is 14.7. The number of hydrogen-bond acceptors (Lipinski definition) is 4. The number of nitrogens with zero attached hydrogens (tertiary/aromatic N) is 1. The van der Waals surface area contributed by atoms with Gasteiger partial charge >= 0.3 is 0 Å². The number of benzene rings is 3. The molecule has 160 valence electrons. The average Bonchev–Trinajstić information content (AvgIpc) is 2.77. The smallest absolute Gasteiger partial charge is 0.129 e. The standard InChI is InChI=1S/C24H21Br2FN2O2/c1-2-31-17-7-3-14(4-8-17)21-13-22(19-12-16(26)6-10-23(19)30)29-24(28-21)18-11-15(25)5-9-20(18)27/h3-12,22,24,29-30H,2,13H2,1H3/t22-,24-/m0/s1. The van der Waals surface area contributed by atoms with Crippen LogP contribution in [0.25, 0.3) is 0 Å². The van der Waals surface area contributed by atoms with Crippen molar-refractivity contribution < 1.29 is 14.2 Å². The first-order valence-corrected chi connectivity index (χ1v) is 11.5. The van der Waals surface area contributed by atoms with E-state index in [1.165, 1.54) is 6.07 Å². The number of aromatic hydroxyl groups is 1. The molecule has 1 aliphatic heterocycles. The van der Waals surface area contributed by atoms with Crippen molar-refractivity contribution in [2.75, 3.05) is 6.61 Å². The third-order valence-corrected chi connectivity index (χ3v) is 6.14. The molecule has 2 atom stereocenters. The number of hydrogen-bond donors (Lipinski definition) is 2. The average molecular weight is 548 g/mol. The Morgan fingerprint density at radius 2 is 1.71 bits per heavy atom. The Bertz CT molecular complexity index is 1120. The summed E-state index contributed by atoms with van der Waals surface area (Å²) in [5, 5.41) is 13.9. The van der Waals surface area contributed by atoms with E-state index in [1.54, 1.807) is 24.3 Å². The second-order valence-corrected chi connectivity index (χ2v) is 9.06. The van der Waals surface area contributed by atoms with Gasteiger partial charge in [-0.05, 0) is 73.2 Å². The van der Waals surface area contributed by atoms with Gasteiger partial charge in [-0.15, -0.1) is 0 Å². The SMILES string of the molecule is CCOc1ccc(C2=N[C@H](c3cc(Br)ccc3F)N[C@H](c3cc(Br)ccc3O)C2)cc1. The normalized spacial score (nSPS) is 18.5. The van der Waals surface area contributed by atoms with Gasteiger partial charge in [-0.3, -0.25) is 10.3 Å². The van der Waals surface area contributed by atoms with Gasteiger partial charge < -0.3 is 9.84 Å². The zero-order valence-corrected chi connectivity index (χ0v) is 20.0. The first-order valence-electron chi connectivity index (χ1n) is 9.94. The van der Waals surface area contributed by atoms with E-state index in [0.717, 1.165) is 31.5 Å². The lowest BCUT2D eigenvalue weighted by atomic mass is 9.93. The molecular formula is C24H21Br2FN2O2. The molecule has 2 N–H and O–H groups in total. The third kappa shape index (κ3) is 5.00. The minimum atomic E-state index is -0.601. The van der Waals surface area contributed by atoms with Gasteiger partial charge in [0.1, 0.15) is 23.5 Å². The summed E-state index contributed by atoms with van der Waals surface area (Å²) in [6.45, 7) is 2.54. The van der Waals surface area contributed by atoms with Crippen LogP contribution in [-0.4, -0.2) is 17.4 Å². The van der Waals surface area contributed by atoms with Crippen LogP contribution in [0.5, 0.6) is 11.5 Å². The molecule has 0 saturated heterocycles. The molecule has 0 aliphatic carbocycles. The number of phenols is 1. The zero-order chi connectivity index (χ0) is 22.0. The predicted octanol–water partition coefficient (Wildman–Crippen LogP) is 6.68. The first kappa shape index (κ1) is 22.0. The van der Waals surface area contributed by atoms with E-state index in [-0.39, 0.29) is 17.6 Å². The van der Waals surface area contributed by atoms with Crippen molar-refractivity contribution in [2.45, 2.75) is 25.6 Å². The minimum absolute atomic E-state index is 0.183. The number of halogens is 3. The van der Waals surface area contributed by atoms with Crippen molar-refractivity contribution in [1.82, 2.24) is 5.32 Å². The monoisotopic (exact) mass is 546 g/mol. The van der Waals surface area contributed by atoms with Crippen LogP contribution in [0, 0.1) is 5.82 Å². The van der Waals surface area contributed by atoms with Crippen molar-refractivity contribution in [1.29, 1.82) is 0 Å². The van der Waals surface area contributed by atoms with Gasteiger partial charge in [-0.1, -0.05) is 31.9 Å². The van der Waals surface area contributed by atoms with Gasteiger partial charge in [0.05, 0.1) is 6.61 Å². The molecule has 3 aromatic rings. The second-order valence-electron chi connectivity index (χ2n) is 7.23. The lowest BCUT2D eigenvalue weighted by Gasteiger charge is -2.31. The van der Waals surface area contributed by atoms with E-state index >= 15 is 0 Å². The Morgan fingerprint density at radius 3 is 2.42 bits per heavy atom. The molecule has 0 amide bonds. The maximum absolute atomic E-state index is 14.7. The summed E-state index contributed by atoms with van der Waals surface area (Å²) in [6.07, 6.45) is -0.0550. The highest BCUT2D eigenvalue weighted by Gasteiger charge is 2.29. The molecule has 0 saturated carbocycles. The number of nitrogens with one attached hydrogen (secondary N) is 1. The fraction of sp³-hybridized carbons (Fsp3) is 0.208. The summed E-state index contributed by atoms with van der Waals surface area (Å²) >= 11 is 6.90. The summed E-state index contributed by atoms with van der Waals surface area (Å²) in [6, 6.07) is 17.6. The summed E-state index contributed by atoms with van der Waals surface area (Å²) < 4.78 is 21.9. The van der Waals surface area contributed by atoms with Crippen molar-refractivity contribution in [3.63, 3.8) is 0 Å². The molecular weight excluding hydrogens is 527 g/mol. The topological polar surface area (TPSA) is 53.8 Å². The molecule has 7 heteroatoms. The summed E-state index contributed by atoms with van der Waals surface area (Å²) in [4.78, 5) is 4.84. The fourth-order valence-corrected chi connectivity index (χ4v) is 4.44. The van der Waals surface area contributed by atoms with Gasteiger partial charge in [-0.2, -0.15) is 0 Å². The van der Waals surface area contributed by atoms with E-state index < -0.39 is 6.17 Å². The first-order chi connectivity index (χ1) is 14.9. The Kier molecular flexibility index (Phi) is 6.74. The lowest BCUT2D eigenvalue weighted by Crippen LogP contribution is -2.33. The fourth-order valence-electron chi connectivity index (χ4n) is 3.68. The highest BCUT2D eigenvalue weighted by atomic mass is 79.9. The van der Waals surface area contributed by atoms with Gasteiger partial charge in [0, 0.05) is 38.2 Å². The van der Waals surface area contributed by atoms with E-state index in [9.17, 15) is 9.50 Å². The van der Waals surface area contributed by atoms with Crippen molar-refractivity contribution >= 4 is 37.6 Å². The van der Waals surface area contributed by atoms with Crippen LogP contribution in [0.15, 0.2) is 74.6 Å². The van der Waals surface area contributed by atoms with E-state index in [4.69, 9.17) is 9.73 Å². The Morgan fingerprint density at radius 1 is 1.03 bits per heavy atom. The number of ether oxygens (including phenoxy) is 1. The molecule has 1 aliphatic rings. The number of rotatable bonds is 5. The third-order valence-electron chi connectivity index (χ3n) is 5.16. The summed E-state index contributed by atoms with van der Waals surface area (Å²) in [5.74, 6) is 0.633. The molecule has 4 nitrogen and oxygen atoms in total. The van der Waals surface area contributed by atoms with E-state index in [2.05, 4.69) is 37.2 Å². The van der Waals surface area contributed by atoms with Gasteiger partial charge in [0.25, 0.3) is 0 Å². The van der Waals surface area contributed by atoms with Gasteiger partial charge in [-0.25, -0.2) is 4.39 Å². The molecule has 0 radical (unpaired) electrons. The van der Waals surface area contributed by atoms with Crippen LogP contribution in [0.3, 0.4) is 0 Å². The van der Waals surface area contributed by atoms with Crippen LogP contribution in [0.2, 0.25) is 0 Å². The number of phenolic OH excluding ortho intramolecular Hbond substituents is 1. The summed E-state index contributed by atoms with van der Waals surface area (Å²) in [5.41, 5.74) is 2.94. The minimum Gasteiger partial charge on any atom is -0.508 e. The molecule has 3 aromatic carbocycles. The van der Waals surface area contributed by atoms with Crippen molar-refractivity contribution in [3.05, 3.63) is 92.1 Å². The second kappa shape index (κ2) is 9.51. The maximum Gasteiger partial charge on any atom is 0.129 e. The van der Waals surface area contributed by atoms with E-state index in [1.807, 2.05) is 37.3 Å². The van der Waals surface area contributed by atoms with Gasteiger partial charge in [0.2, 0.25) is 0 Å². The molecule has 0 spiro atoms. The Balaban J connectivity index is 1.77. The molecule has 0 fully saturated rings. The van der Waals surface area contributed by atoms with Gasteiger partial charge in [0.15, 0.2) is 0 Å². The molecule has 0 bridgehead atoms. The van der Waals surface area contributed by atoms with Crippen LogP contribution >= 0.6 is 31.9 Å². The largest absolute Gasteiger partial charge is 0.508 e. The van der Waals surface area contributed by atoms with Crippen LogP contribution in [0.1, 0.15) is 42.2 Å². The Labute approximate surface area is 197 Å². The zero-order valence-electron chi connectivity index (χ0n) is 16.8. The molecule has 1 heterocycles. The summed E-state index contributed by atoms with van der Waals surface area (Å²) in [7, 11) is 0. The molecule has 4 rings (SSSR count). The van der Waals surface area contributed by atoms with Crippen molar-refractivity contribution in [2.24, 2.45) is 4.99 Å². The van der Waals surface area contributed by atoms with Crippen LogP contribution in [-0.2, 0) is 0 Å². The highest BCUT2D eigenvalue weighted by Crippen LogP contribution is 2.37.